The normalized spacial score (nSPS) is 10.3. The minimum atomic E-state index is 0.523. The summed E-state index contributed by atoms with van der Waals surface area (Å²) in [5, 5.41) is 0. The van der Waals surface area contributed by atoms with Gasteiger partial charge in [-0.3, -0.25) is 0 Å². The second kappa shape index (κ2) is 7.56. The molecular formula is C17H21NO2. The summed E-state index contributed by atoms with van der Waals surface area (Å²) in [6, 6.07) is 15.9. The predicted molar refractivity (Wildman–Crippen MR) is 81.4 cm³/mol. The molecule has 0 aliphatic rings. The summed E-state index contributed by atoms with van der Waals surface area (Å²) >= 11 is 0. The number of aryl methyl sites for hydroxylation is 1. The number of hydrogen-bond acceptors (Lipinski definition) is 3. The Labute approximate surface area is 120 Å². The molecule has 2 N–H and O–H groups in total. The van der Waals surface area contributed by atoms with Crippen LogP contribution in [-0.4, -0.2) is 19.8 Å². The van der Waals surface area contributed by atoms with E-state index in [0.717, 1.165) is 23.5 Å². The van der Waals surface area contributed by atoms with Crippen LogP contribution < -0.4 is 15.2 Å². The maximum Gasteiger partial charge on any atom is 0.122 e. The van der Waals surface area contributed by atoms with Gasteiger partial charge in [-0.1, -0.05) is 35.9 Å². The Morgan fingerprint density at radius 3 is 2.45 bits per heavy atom. The molecule has 0 heterocycles. The minimum Gasteiger partial charge on any atom is -0.490 e. The summed E-state index contributed by atoms with van der Waals surface area (Å²) < 4.78 is 11.4. The van der Waals surface area contributed by atoms with Crippen molar-refractivity contribution >= 4 is 0 Å². The summed E-state index contributed by atoms with van der Waals surface area (Å²) in [5.74, 6) is 1.76. The Balaban J connectivity index is 1.84. The second-order valence-corrected chi connectivity index (χ2v) is 4.66. The quantitative estimate of drug-likeness (QED) is 0.787. The first kappa shape index (κ1) is 14.4. The van der Waals surface area contributed by atoms with E-state index in [2.05, 4.69) is 13.0 Å². The predicted octanol–water partition coefficient (Wildman–Crippen LogP) is 2.95. The van der Waals surface area contributed by atoms with Crippen molar-refractivity contribution in [1.29, 1.82) is 0 Å². The summed E-state index contributed by atoms with van der Waals surface area (Å²) in [7, 11) is 0. The molecular weight excluding hydrogens is 250 g/mol. The Morgan fingerprint density at radius 1 is 0.950 bits per heavy atom. The lowest BCUT2D eigenvalue weighted by atomic mass is 10.1. The smallest absolute Gasteiger partial charge is 0.122 e. The lowest BCUT2D eigenvalue weighted by Gasteiger charge is -2.12. The topological polar surface area (TPSA) is 44.5 Å². The van der Waals surface area contributed by atoms with Crippen molar-refractivity contribution in [2.24, 2.45) is 5.73 Å². The van der Waals surface area contributed by atoms with Gasteiger partial charge >= 0.3 is 0 Å². The molecule has 2 aromatic rings. The van der Waals surface area contributed by atoms with E-state index in [1.54, 1.807) is 0 Å². The van der Waals surface area contributed by atoms with Crippen LogP contribution in [0.25, 0.3) is 0 Å². The van der Waals surface area contributed by atoms with Gasteiger partial charge in [0.15, 0.2) is 0 Å². The van der Waals surface area contributed by atoms with E-state index in [4.69, 9.17) is 15.2 Å². The van der Waals surface area contributed by atoms with Crippen LogP contribution in [0.5, 0.6) is 11.5 Å². The molecule has 0 fully saturated rings. The number of nitrogens with two attached hydrogens (primary N) is 1. The van der Waals surface area contributed by atoms with Crippen LogP contribution in [0.4, 0.5) is 0 Å². The van der Waals surface area contributed by atoms with Crippen LogP contribution in [0.2, 0.25) is 0 Å². The van der Waals surface area contributed by atoms with Crippen molar-refractivity contribution in [3.8, 4) is 11.5 Å². The minimum absolute atomic E-state index is 0.523. The lowest BCUT2D eigenvalue weighted by Crippen LogP contribution is -2.11. The van der Waals surface area contributed by atoms with Crippen molar-refractivity contribution in [3.05, 3.63) is 59.7 Å². The summed E-state index contributed by atoms with van der Waals surface area (Å²) in [6.45, 7) is 3.75. The van der Waals surface area contributed by atoms with E-state index in [9.17, 15) is 0 Å². The van der Waals surface area contributed by atoms with Crippen LogP contribution in [0.15, 0.2) is 48.5 Å². The molecule has 0 aliphatic carbocycles. The van der Waals surface area contributed by atoms with Crippen LogP contribution >= 0.6 is 0 Å². The van der Waals surface area contributed by atoms with E-state index in [1.807, 2.05) is 42.5 Å². The van der Waals surface area contributed by atoms with Gasteiger partial charge in [0.2, 0.25) is 0 Å². The van der Waals surface area contributed by atoms with Gasteiger partial charge in [0, 0.05) is 0 Å². The third kappa shape index (κ3) is 4.28. The molecule has 0 amide bonds. The molecule has 0 aromatic heterocycles. The monoisotopic (exact) mass is 271 g/mol. The second-order valence-electron chi connectivity index (χ2n) is 4.66. The molecule has 3 nitrogen and oxygen atoms in total. The van der Waals surface area contributed by atoms with Gasteiger partial charge in [-0.2, -0.15) is 0 Å². The van der Waals surface area contributed by atoms with Crippen LogP contribution in [-0.2, 0) is 6.42 Å². The van der Waals surface area contributed by atoms with Crippen LogP contribution in [0.1, 0.15) is 11.1 Å². The van der Waals surface area contributed by atoms with Crippen molar-refractivity contribution in [1.82, 2.24) is 0 Å². The first-order valence-electron chi connectivity index (χ1n) is 6.90. The van der Waals surface area contributed by atoms with E-state index < -0.39 is 0 Å². The van der Waals surface area contributed by atoms with Gasteiger partial charge < -0.3 is 15.2 Å². The fourth-order valence-electron chi connectivity index (χ4n) is 2.03. The molecule has 0 unspecified atom stereocenters. The lowest BCUT2D eigenvalue weighted by molar-refractivity contribution is 0.216. The maximum absolute atomic E-state index is 5.79. The zero-order chi connectivity index (χ0) is 14.2. The van der Waals surface area contributed by atoms with E-state index in [-0.39, 0.29) is 0 Å². The summed E-state index contributed by atoms with van der Waals surface area (Å²) in [6.07, 6.45) is 0.830. The van der Waals surface area contributed by atoms with Gasteiger partial charge in [-0.15, -0.1) is 0 Å². The molecule has 0 saturated heterocycles. The Bertz CT molecular complexity index is 526. The highest BCUT2D eigenvalue weighted by Crippen LogP contribution is 2.20. The molecule has 0 spiro atoms. The average Bonchev–Trinajstić information content (AvgIpc) is 2.47. The molecule has 0 radical (unpaired) electrons. The van der Waals surface area contributed by atoms with Crippen molar-refractivity contribution in [2.45, 2.75) is 13.3 Å². The molecule has 2 rings (SSSR count). The first-order chi connectivity index (χ1) is 9.79. The Morgan fingerprint density at radius 2 is 1.70 bits per heavy atom. The molecule has 106 valence electrons. The first-order valence-corrected chi connectivity index (χ1v) is 6.90. The van der Waals surface area contributed by atoms with Gasteiger partial charge in [-0.25, -0.2) is 0 Å². The highest BCUT2D eigenvalue weighted by Gasteiger charge is 2.03. The molecule has 20 heavy (non-hydrogen) atoms. The fourth-order valence-corrected chi connectivity index (χ4v) is 2.03. The number of para-hydroxylation sites is 1. The van der Waals surface area contributed by atoms with Gasteiger partial charge in [-0.05, 0) is 43.7 Å². The van der Waals surface area contributed by atoms with Crippen LogP contribution in [0.3, 0.4) is 0 Å². The molecule has 3 heteroatoms. The molecule has 0 aliphatic heterocycles. The van der Waals surface area contributed by atoms with Crippen molar-refractivity contribution in [2.75, 3.05) is 19.8 Å². The van der Waals surface area contributed by atoms with Crippen molar-refractivity contribution in [3.63, 3.8) is 0 Å². The Kier molecular flexibility index (Phi) is 5.44. The van der Waals surface area contributed by atoms with E-state index in [1.165, 1.54) is 5.56 Å². The number of hydrogen-bond donors (Lipinski definition) is 1. The zero-order valence-electron chi connectivity index (χ0n) is 11.8. The molecule has 2 aromatic carbocycles. The molecule has 0 saturated carbocycles. The largest absolute Gasteiger partial charge is 0.490 e. The van der Waals surface area contributed by atoms with E-state index >= 15 is 0 Å². The molecule has 0 atom stereocenters. The highest BCUT2D eigenvalue weighted by molar-refractivity contribution is 5.37. The highest BCUT2D eigenvalue weighted by atomic mass is 16.5. The SMILES string of the molecule is Cc1ccc(OCCOc2ccccc2)c(CCN)c1. The third-order valence-electron chi connectivity index (χ3n) is 2.98. The summed E-state index contributed by atoms with van der Waals surface area (Å²) in [4.78, 5) is 0. The fraction of sp³-hybridized carbons (Fsp3) is 0.294. The Hall–Kier alpha value is -2.00. The zero-order valence-corrected chi connectivity index (χ0v) is 11.8. The van der Waals surface area contributed by atoms with Gasteiger partial charge in [0.25, 0.3) is 0 Å². The average molecular weight is 271 g/mol. The van der Waals surface area contributed by atoms with Crippen molar-refractivity contribution < 1.29 is 9.47 Å². The maximum atomic E-state index is 5.79. The number of benzene rings is 2. The van der Waals surface area contributed by atoms with Gasteiger partial charge in [0.05, 0.1) is 0 Å². The van der Waals surface area contributed by atoms with E-state index in [0.29, 0.717) is 19.8 Å². The third-order valence-corrected chi connectivity index (χ3v) is 2.98. The number of rotatable bonds is 7. The van der Waals surface area contributed by atoms with Gasteiger partial charge in [0.1, 0.15) is 24.7 Å². The summed E-state index contributed by atoms with van der Waals surface area (Å²) in [5.41, 5.74) is 8.01. The standard InChI is InChI=1S/C17H21NO2/c1-14-7-8-17(15(13-14)9-10-18)20-12-11-19-16-5-3-2-4-6-16/h2-8,13H,9-12,18H2,1H3. The number of ether oxygens (including phenoxy) is 2. The van der Waals surface area contributed by atoms with Crippen LogP contribution in [0, 0.1) is 6.92 Å². The molecule has 0 bridgehead atoms.